The lowest BCUT2D eigenvalue weighted by Crippen LogP contribution is -2.27. The van der Waals surface area contributed by atoms with E-state index < -0.39 is 5.97 Å². The first-order chi connectivity index (χ1) is 6.07. The van der Waals surface area contributed by atoms with Gasteiger partial charge in [0.15, 0.2) is 0 Å². The number of nitriles is 1. The van der Waals surface area contributed by atoms with Crippen LogP contribution < -0.4 is 0 Å². The van der Waals surface area contributed by atoms with Crippen molar-refractivity contribution in [2.75, 3.05) is 13.6 Å². The summed E-state index contributed by atoms with van der Waals surface area (Å²) >= 11 is 0. The first kappa shape index (κ1) is 11.4. The van der Waals surface area contributed by atoms with Crippen molar-refractivity contribution in [3.05, 3.63) is 0 Å². The van der Waals surface area contributed by atoms with Gasteiger partial charge in [-0.05, 0) is 0 Å². The molecule has 0 saturated heterocycles. The van der Waals surface area contributed by atoms with Crippen LogP contribution in [0, 0.1) is 11.3 Å². The van der Waals surface area contributed by atoms with Crippen molar-refractivity contribution in [3.63, 3.8) is 0 Å². The molecule has 0 aliphatic carbocycles. The molecule has 1 amide bonds. The van der Waals surface area contributed by atoms with Crippen molar-refractivity contribution >= 4 is 11.9 Å². The maximum Gasteiger partial charge on any atom is 0.303 e. The number of hydrogen-bond donors (Lipinski definition) is 1. The van der Waals surface area contributed by atoms with Crippen molar-refractivity contribution in [2.45, 2.75) is 19.3 Å². The van der Waals surface area contributed by atoms with Gasteiger partial charge in [-0.25, -0.2) is 0 Å². The molecule has 0 aromatic rings. The van der Waals surface area contributed by atoms with Crippen LogP contribution in [-0.4, -0.2) is 35.5 Å². The van der Waals surface area contributed by atoms with Gasteiger partial charge in [0.25, 0.3) is 0 Å². The molecule has 0 atom stereocenters. The molecule has 0 aromatic heterocycles. The number of carboxylic acid groups (broad SMARTS) is 1. The van der Waals surface area contributed by atoms with Crippen LogP contribution in [0.15, 0.2) is 0 Å². The number of carboxylic acids is 1. The van der Waals surface area contributed by atoms with Crippen molar-refractivity contribution in [1.29, 1.82) is 5.26 Å². The van der Waals surface area contributed by atoms with Crippen molar-refractivity contribution in [2.24, 2.45) is 0 Å². The molecule has 0 radical (unpaired) electrons. The van der Waals surface area contributed by atoms with Crippen molar-refractivity contribution < 1.29 is 14.7 Å². The Morgan fingerprint density at radius 2 is 2.08 bits per heavy atom. The normalized spacial score (nSPS) is 8.92. The van der Waals surface area contributed by atoms with Gasteiger partial charge in [0.1, 0.15) is 0 Å². The van der Waals surface area contributed by atoms with Crippen molar-refractivity contribution in [3.8, 4) is 6.07 Å². The molecule has 0 aromatic carbocycles. The van der Waals surface area contributed by atoms with E-state index in [1.165, 1.54) is 4.90 Å². The Bertz CT molecular complexity index is 232. The lowest BCUT2D eigenvalue weighted by atomic mass is 10.3. The number of carbonyl (C=O) groups is 2. The van der Waals surface area contributed by atoms with E-state index in [0.29, 0.717) is 6.54 Å². The molecule has 13 heavy (non-hydrogen) atoms. The highest BCUT2D eigenvalue weighted by atomic mass is 16.4. The van der Waals surface area contributed by atoms with E-state index in [-0.39, 0.29) is 25.2 Å². The summed E-state index contributed by atoms with van der Waals surface area (Å²) in [7, 11) is 1.56. The molecule has 0 aliphatic rings. The maximum atomic E-state index is 11.1. The Morgan fingerprint density at radius 1 is 1.46 bits per heavy atom. The maximum absolute atomic E-state index is 11.1. The quantitative estimate of drug-likeness (QED) is 0.662. The summed E-state index contributed by atoms with van der Waals surface area (Å²) in [6, 6.07) is 1.91. The van der Waals surface area contributed by atoms with Crippen LogP contribution in [0.2, 0.25) is 0 Å². The van der Waals surface area contributed by atoms with E-state index in [1.807, 2.05) is 6.07 Å². The minimum Gasteiger partial charge on any atom is -0.481 e. The molecule has 0 bridgehead atoms. The van der Waals surface area contributed by atoms with Crippen molar-refractivity contribution in [1.82, 2.24) is 4.90 Å². The van der Waals surface area contributed by atoms with Crippen LogP contribution in [-0.2, 0) is 9.59 Å². The smallest absolute Gasteiger partial charge is 0.303 e. The van der Waals surface area contributed by atoms with Gasteiger partial charge in [-0.15, -0.1) is 0 Å². The second-order valence-corrected chi connectivity index (χ2v) is 2.62. The Balaban J connectivity index is 3.70. The first-order valence-corrected chi connectivity index (χ1v) is 3.90. The number of hydrogen-bond acceptors (Lipinski definition) is 3. The number of aliphatic carboxylic acids is 1. The molecule has 0 saturated carbocycles. The largest absolute Gasteiger partial charge is 0.481 e. The van der Waals surface area contributed by atoms with E-state index in [0.717, 1.165) is 0 Å². The summed E-state index contributed by atoms with van der Waals surface area (Å²) in [6.07, 6.45) is 0.113. The highest BCUT2D eigenvalue weighted by Crippen LogP contribution is 1.96. The molecule has 0 spiro atoms. The summed E-state index contributed by atoms with van der Waals surface area (Å²) in [5, 5.41) is 16.5. The lowest BCUT2D eigenvalue weighted by molar-refractivity contribution is -0.140. The number of amides is 1. The van der Waals surface area contributed by atoms with Crippen LogP contribution >= 0.6 is 0 Å². The van der Waals surface area contributed by atoms with E-state index in [1.54, 1.807) is 7.05 Å². The van der Waals surface area contributed by atoms with Gasteiger partial charge in [-0.3, -0.25) is 9.59 Å². The standard InChI is InChI=1S/C8H12N2O3/c1-10(6-2-5-9)7(11)3-4-8(12)13/h2-4,6H2,1H3,(H,12,13). The summed E-state index contributed by atoms with van der Waals surface area (Å²) in [4.78, 5) is 22.6. The highest BCUT2D eigenvalue weighted by molar-refractivity contribution is 5.80. The Hall–Kier alpha value is -1.57. The van der Waals surface area contributed by atoms with E-state index in [4.69, 9.17) is 10.4 Å². The highest BCUT2D eigenvalue weighted by Gasteiger charge is 2.09. The van der Waals surface area contributed by atoms with Crippen LogP contribution in [0.1, 0.15) is 19.3 Å². The molecule has 0 heterocycles. The summed E-state index contributed by atoms with van der Waals surface area (Å²) in [5.41, 5.74) is 0. The third-order valence-electron chi connectivity index (χ3n) is 1.54. The molecule has 0 fully saturated rings. The van der Waals surface area contributed by atoms with Gasteiger partial charge in [0.05, 0.1) is 18.9 Å². The predicted octanol–water partition coefficient (Wildman–Crippen LogP) is 0.223. The fraction of sp³-hybridized carbons (Fsp3) is 0.625. The zero-order valence-electron chi connectivity index (χ0n) is 7.49. The van der Waals surface area contributed by atoms with Gasteiger partial charge in [0, 0.05) is 20.0 Å². The lowest BCUT2D eigenvalue weighted by Gasteiger charge is -2.14. The molecule has 72 valence electrons. The fourth-order valence-corrected chi connectivity index (χ4v) is 0.747. The zero-order chi connectivity index (χ0) is 10.3. The topological polar surface area (TPSA) is 81.4 Å². The molecule has 0 aliphatic heterocycles. The predicted molar refractivity (Wildman–Crippen MR) is 44.7 cm³/mol. The van der Waals surface area contributed by atoms with Gasteiger partial charge in [-0.2, -0.15) is 5.26 Å². The molecular weight excluding hydrogens is 172 g/mol. The van der Waals surface area contributed by atoms with E-state index in [2.05, 4.69) is 0 Å². The Labute approximate surface area is 76.6 Å². The second-order valence-electron chi connectivity index (χ2n) is 2.62. The van der Waals surface area contributed by atoms with Crippen LogP contribution in [0.5, 0.6) is 0 Å². The van der Waals surface area contributed by atoms with Gasteiger partial charge < -0.3 is 10.0 Å². The fourth-order valence-electron chi connectivity index (χ4n) is 0.747. The van der Waals surface area contributed by atoms with Crippen LogP contribution in [0.25, 0.3) is 0 Å². The number of nitrogens with zero attached hydrogens (tertiary/aromatic N) is 2. The summed E-state index contributed by atoms with van der Waals surface area (Å²) in [5.74, 6) is -1.22. The molecule has 5 heteroatoms. The monoisotopic (exact) mass is 184 g/mol. The first-order valence-electron chi connectivity index (χ1n) is 3.90. The van der Waals surface area contributed by atoms with Gasteiger partial charge in [-0.1, -0.05) is 0 Å². The number of carbonyl (C=O) groups excluding carboxylic acids is 1. The number of rotatable bonds is 5. The molecule has 1 N–H and O–H groups in total. The molecular formula is C8H12N2O3. The third kappa shape index (κ3) is 5.67. The zero-order valence-corrected chi connectivity index (χ0v) is 7.49. The SMILES string of the molecule is CN(CCC#N)C(=O)CCC(=O)O. The Morgan fingerprint density at radius 3 is 2.54 bits per heavy atom. The minimum atomic E-state index is -0.984. The van der Waals surface area contributed by atoms with Crippen LogP contribution in [0.4, 0.5) is 0 Å². The van der Waals surface area contributed by atoms with Crippen LogP contribution in [0.3, 0.4) is 0 Å². The summed E-state index contributed by atoms with van der Waals surface area (Å²) in [6.45, 7) is 0.356. The van der Waals surface area contributed by atoms with Gasteiger partial charge >= 0.3 is 5.97 Å². The van der Waals surface area contributed by atoms with Gasteiger partial charge in [0.2, 0.25) is 5.91 Å². The molecule has 0 unspecified atom stereocenters. The summed E-state index contributed by atoms with van der Waals surface area (Å²) < 4.78 is 0. The third-order valence-corrected chi connectivity index (χ3v) is 1.54. The average Bonchev–Trinajstić information content (AvgIpc) is 2.10. The Kier molecular flexibility index (Phi) is 5.28. The average molecular weight is 184 g/mol. The molecule has 0 rings (SSSR count). The minimum absolute atomic E-state index is 0.00272. The van der Waals surface area contributed by atoms with E-state index in [9.17, 15) is 9.59 Å². The molecule has 5 nitrogen and oxygen atoms in total. The van der Waals surface area contributed by atoms with E-state index >= 15 is 0 Å². The second kappa shape index (κ2) is 6.00.